The lowest BCUT2D eigenvalue weighted by atomic mass is 9.83. The molecule has 0 nitrogen and oxygen atoms in total. The molecule has 0 spiro atoms. The van der Waals surface area contributed by atoms with Crippen molar-refractivity contribution >= 4 is 22.6 Å². The number of benzene rings is 1. The predicted molar refractivity (Wildman–Crippen MR) is 77.8 cm³/mol. The van der Waals surface area contributed by atoms with Crippen molar-refractivity contribution < 1.29 is 0 Å². The molecule has 4 atom stereocenters. The van der Waals surface area contributed by atoms with E-state index in [1.165, 1.54) is 38.5 Å². The summed E-state index contributed by atoms with van der Waals surface area (Å²) in [6.07, 6.45) is 8.84. The van der Waals surface area contributed by atoms with Crippen LogP contribution < -0.4 is 0 Å². The Bertz CT molecular complexity index is 487. The first-order valence-electron chi connectivity index (χ1n) is 7.19. The van der Waals surface area contributed by atoms with Gasteiger partial charge >= 0.3 is 0 Å². The van der Waals surface area contributed by atoms with Crippen LogP contribution in [0.1, 0.15) is 84.5 Å². The van der Waals surface area contributed by atoms with Gasteiger partial charge in [-0.1, -0.05) is 6.07 Å². The van der Waals surface area contributed by atoms with Crippen LogP contribution in [-0.4, -0.2) is 0 Å². The third-order valence-corrected chi connectivity index (χ3v) is 7.13. The zero-order chi connectivity index (χ0) is 11.1. The van der Waals surface area contributed by atoms with Crippen LogP contribution in [0.25, 0.3) is 0 Å². The van der Waals surface area contributed by atoms with E-state index in [1.54, 1.807) is 25.8 Å². The van der Waals surface area contributed by atoms with Gasteiger partial charge in [0.2, 0.25) is 0 Å². The van der Waals surface area contributed by atoms with Gasteiger partial charge in [0.1, 0.15) is 0 Å². The van der Waals surface area contributed by atoms with Crippen LogP contribution >= 0.6 is 22.6 Å². The molecule has 5 rings (SSSR count). The van der Waals surface area contributed by atoms with Gasteiger partial charge < -0.3 is 0 Å². The van der Waals surface area contributed by atoms with Crippen LogP contribution in [0.3, 0.4) is 0 Å². The molecule has 17 heavy (non-hydrogen) atoms. The van der Waals surface area contributed by atoms with Crippen LogP contribution in [0.15, 0.2) is 6.07 Å². The minimum Gasteiger partial charge on any atom is -0.0546 e. The molecule has 0 N–H and O–H groups in total. The maximum atomic E-state index is 2.69. The molecule has 0 aliphatic heterocycles. The molecule has 0 radical (unpaired) electrons. The van der Waals surface area contributed by atoms with Crippen molar-refractivity contribution in [2.45, 2.75) is 62.2 Å². The van der Waals surface area contributed by atoms with Gasteiger partial charge in [0.05, 0.1) is 0 Å². The topological polar surface area (TPSA) is 0 Å². The molecule has 4 bridgehead atoms. The van der Waals surface area contributed by atoms with E-state index in [9.17, 15) is 0 Å². The summed E-state index contributed by atoms with van der Waals surface area (Å²) in [5.41, 5.74) is 7.15. The highest BCUT2D eigenvalue weighted by Gasteiger charge is 2.44. The lowest BCUT2D eigenvalue weighted by molar-refractivity contribution is 0.684. The largest absolute Gasteiger partial charge is 0.0546 e. The Labute approximate surface area is 116 Å². The molecular weight excluding hydrogens is 319 g/mol. The Morgan fingerprint density at radius 3 is 1.76 bits per heavy atom. The highest BCUT2D eigenvalue weighted by atomic mass is 127. The number of hydrogen-bond donors (Lipinski definition) is 0. The standard InChI is InChI=1S/C16H17I/c17-16-14-10-3-1-8(5-10)12(14)7-13-9-2-4-11(6-9)15(13)16/h7-11H,1-6H2/t8-,9-,10+,11+/m0/s1. The number of halogens is 1. The van der Waals surface area contributed by atoms with Crippen molar-refractivity contribution in [1.29, 1.82) is 0 Å². The lowest BCUT2D eigenvalue weighted by Gasteiger charge is -2.24. The minimum absolute atomic E-state index is 0.936. The molecule has 4 aliphatic carbocycles. The highest BCUT2D eigenvalue weighted by molar-refractivity contribution is 14.1. The maximum Gasteiger partial charge on any atom is 0.0205 e. The third-order valence-electron chi connectivity index (χ3n) is 5.97. The zero-order valence-electron chi connectivity index (χ0n) is 10.0. The van der Waals surface area contributed by atoms with Crippen LogP contribution in [0, 0.1) is 3.57 Å². The Balaban J connectivity index is 1.82. The molecule has 0 heterocycles. The van der Waals surface area contributed by atoms with Crippen LogP contribution in [-0.2, 0) is 0 Å². The van der Waals surface area contributed by atoms with Crippen molar-refractivity contribution in [2.24, 2.45) is 0 Å². The number of rotatable bonds is 0. The fourth-order valence-electron chi connectivity index (χ4n) is 5.28. The van der Waals surface area contributed by atoms with E-state index in [1.807, 2.05) is 0 Å². The van der Waals surface area contributed by atoms with Crippen molar-refractivity contribution in [3.63, 3.8) is 0 Å². The smallest absolute Gasteiger partial charge is 0.0205 e. The summed E-state index contributed by atoms with van der Waals surface area (Å²) in [5, 5.41) is 0. The first-order valence-corrected chi connectivity index (χ1v) is 8.27. The van der Waals surface area contributed by atoms with E-state index >= 15 is 0 Å². The van der Waals surface area contributed by atoms with Crippen LogP contribution in [0.2, 0.25) is 0 Å². The first-order chi connectivity index (χ1) is 8.33. The molecule has 1 heteroatoms. The van der Waals surface area contributed by atoms with Gasteiger partial charge in [-0.25, -0.2) is 0 Å². The normalized spacial score (nSPS) is 39.8. The van der Waals surface area contributed by atoms with Crippen molar-refractivity contribution in [1.82, 2.24) is 0 Å². The Morgan fingerprint density at radius 2 is 1.24 bits per heavy atom. The Hall–Kier alpha value is -0.0500. The molecule has 0 unspecified atom stereocenters. The van der Waals surface area contributed by atoms with Gasteiger partial charge in [-0.05, 0) is 107 Å². The van der Waals surface area contributed by atoms with Crippen molar-refractivity contribution in [2.75, 3.05) is 0 Å². The molecule has 2 saturated carbocycles. The van der Waals surface area contributed by atoms with E-state index in [0.29, 0.717) is 0 Å². The average molecular weight is 336 g/mol. The van der Waals surface area contributed by atoms with Crippen molar-refractivity contribution in [3.05, 3.63) is 31.9 Å². The quantitative estimate of drug-likeness (QED) is 0.584. The second-order valence-electron chi connectivity index (χ2n) is 6.61. The molecule has 1 aromatic rings. The Morgan fingerprint density at radius 1 is 0.765 bits per heavy atom. The van der Waals surface area contributed by atoms with E-state index in [0.717, 1.165) is 23.7 Å². The summed E-state index contributed by atoms with van der Waals surface area (Å²) in [5.74, 6) is 3.75. The molecule has 0 amide bonds. The second-order valence-corrected chi connectivity index (χ2v) is 7.69. The summed E-state index contributed by atoms with van der Waals surface area (Å²) < 4.78 is 1.70. The molecular formula is C16H17I. The van der Waals surface area contributed by atoms with E-state index in [4.69, 9.17) is 0 Å². The fourth-order valence-corrected chi connectivity index (χ4v) is 6.78. The number of hydrogen-bond acceptors (Lipinski definition) is 0. The Kier molecular flexibility index (Phi) is 1.79. The summed E-state index contributed by atoms with van der Waals surface area (Å²) in [6, 6.07) is 2.65. The van der Waals surface area contributed by atoms with Gasteiger partial charge in [0.25, 0.3) is 0 Å². The number of fused-ring (bicyclic) bond motifs is 10. The first kappa shape index (κ1) is 9.82. The molecule has 0 saturated heterocycles. The second kappa shape index (κ2) is 3.09. The highest BCUT2D eigenvalue weighted by Crippen LogP contribution is 2.61. The van der Waals surface area contributed by atoms with E-state index in [-0.39, 0.29) is 0 Å². The zero-order valence-corrected chi connectivity index (χ0v) is 12.2. The van der Waals surface area contributed by atoms with Gasteiger partial charge in [-0.15, -0.1) is 0 Å². The third kappa shape index (κ3) is 1.07. The van der Waals surface area contributed by atoms with Gasteiger partial charge in [0.15, 0.2) is 0 Å². The van der Waals surface area contributed by atoms with Gasteiger partial charge in [-0.3, -0.25) is 0 Å². The van der Waals surface area contributed by atoms with Gasteiger partial charge in [-0.2, -0.15) is 0 Å². The summed E-state index contributed by atoms with van der Waals surface area (Å²) in [6.45, 7) is 0. The summed E-state index contributed by atoms with van der Waals surface area (Å²) in [4.78, 5) is 0. The monoisotopic (exact) mass is 336 g/mol. The van der Waals surface area contributed by atoms with Crippen LogP contribution in [0.5, 0.6) is 0 Å². The average Bonchev–Trinajstić information content (AvgIpc) is 3.08. The fraction of sp³-hybridized carbons (Fsp3) is 0.625. The minimum atomic E-state index is 0.936. The molecule has 4 aliphatic rings. The SMILES string of the molecule is Ic1c2c(cc3c1[C@@H]1CC[C@H]3C1)[C@H]1CC[C@@H]2C1. The van der Waals surface area contributed by atoms with Crippen molar-refractivity contribution in [3.8, 4) is 0 Å². The van der Waals surface area contributed by atoms with Gasteiger partial charge in [0, 0.05) is 3.57 Å². The molecule has 0 aromatic heterocycles. The van der Waals surface area contributed by atoms with Crippen LogP contribution in [0.4, 0.5) is 0 Å². The van der Waals surface area contributed by atoms with E-state index in [2.05, 4.69) is 28.7 Å². The van der Waals surface area contributed by atoms with E-state index < -0.39 is 0 Å². The molecule has 1 aromatic carbocycles. The predicted octanol–water partition coefficient (Wildman–Crippen LogP) is 5.02. The summed E-state index contributed by atoms with van der Waals surface area (Å²) >= 11 is 2.69. The molecule has 2 fully saturated rings. The maximum absolute atomic E-state index is 2.69. The summed E-state index contributed by atoms with van der Waals surface area (Å²) in [7, 11) is 0. The lowest BCUT2D eigenvalue weighted by Crippen LogP contribution is -2.08. The molecule has 88 valence electrons.